The number of nitrogens with two attached hydrogens (primary N) is 1. The van der Waals surface area contributed by atoms with Crippen LogP contribution in [0.5, 0.6) is 0 Å². The number of hydrogen-bond donors (Lipinski definition) is 1. The molecule has 0 saturated carbocycles. The molecule has 5 nitrogen and oxygen atoms in total. The molecule has 0 aliphatic carbocycles. The number of para-hydroxylation sites is 1. The van der Waals surface area contributed by atoms with Crippen LogP contribution in [0.15, 0.2) is 29.4 Å². The van der Waals surface area contributed by atoms with Gasteiger partial charge in [-0.2, -0.15) is 0 Å². The quantitative estimate of drug-likeness (QED) is 0.593. The zero-order valence-electron chi connectivity index (χ0n) is 12.2. The normalized spacial score (nSPS) is 12.1. The molecule has 0 aliphatic rings. The number of nitrogens with zero attached hydrogens (tertiary/aromatic N) is 4. The molecule has 2 aromatic heterocycles. The second-order valence-corrected chi connectivity index (χ2v) is 7.85. The van der Waals surface area contributed by atoms with Crippen molar-refractivity contribution >= 4 is 33.3 Å². The maximum Gasteiger partial charge on any atom is 0.210 e. The van der Waals surface area contributed by atoms with Crippen molar-refractivity contribution in [2.45, 2.75) is 37.1 Å². The Kier molecular flexibility index (Phi) is 3.62. The largest absolute Gasteiger partial charge is 0.336 e. The van der Waals surface area contributed by atoms with Crippen LogP contribution in [0, 0.1) is 0 Å². The summed E-state index contributed by atoms with van der Waals surface area (Å²) in [7, 11) is 0. The van der Waals surface area contributed by atoms with Crippen LogP contribution in [0.2, 0.25) is 0 Å². The van der Waals surface area contributed by atoms with Crippen LogP contribution in [0.1, 0.15) is 31.6 Å². The molecule has 7 heteroatoms. The van der Waals surface area contributed by atoms with Crippen LogP contribution in [0.4, 0.5) is 0 Å². The fourth-order valence-corrected chi connectivity index (χ4v) is 3.81. The molecule has 2 N–H and O–H groups in total. The summed E-state index contributed by atoms with van der Waals surface area (Å²) in [5.74, 6) is 7.62. The van der Waals surface area contributed by atoms with Gasteiger partial charge in [-0.15, -0.1) is 21.5 Å². The number of aromatic nitrogens is 4. The van der Waals surface area contributed by atoms with Gasteiger partial charge in [0, 0.05) is 5.41 Å². The molecule has 21 heavy (non-hydrogen) atoms. The molecule has 0 atom stereocenters. The van der Waals surface area contributed by atoms with E-state index in [1.54, 1.807) is 27.8 Å². The minimum Gasteiger partial charge on any atom is -0.336 e. The molecule has 3 rings (SSSR count). The highest BCUT2D eigenvalue weighted by Gasteiger charge is 2.23. The third-order valence-corrected chi connectivity index (χ3v) is 5.17. The van der Waals surface area contributed by atoms with Crippen LogP contribution in [0.3, 0.4) is 0 Å². The third-order valence-electron chi connectivity index (χ3n) is 3.00. The van der Waals surface area contributed by atoms with Crippen LogP contribution >= 0.6 is 23.1 Å². The van der Waals surface area contributed by atoms with Crippen molar-refractivity contribution in [3.05, 3.63) is 35.1 Å². The van der Waals surface area contributed by atoms with Crippen molar-refractivity contribution in [3.63, 3.8) is 0 Å². The molecule has 110 valence electrons. The number of rotatable bonds is 3. The van der Waals surface area contributed by atoms with Crippen molar-refractivity contribution in [1.82, 2.24) is 19.9 Å². The van der Waals surface area contributed by atoms with E-state index in [9.17, 15) is 0 Å². The lowest BCUT2D eigenvalue weighted by atomic mass is 9.96. The average molecular weight is 319 g/mol. The van der Waals surface area contributed by atoms with E-state index in [1.165, 1.54) is 4.70 Å². The van der Waals surface area contributed by atoms with Crippen molar-refractivity contribution in [3.8, 4) is 0 Å². The maximum atomic E-state index is 6.08. The van der Waals surface area contributed by atoms with Crippen molar-refractivity contribution < 1.29 is 0 Å². The lowest BCUT2D eigenvalue weighted by molar-refractivity contribution is 0.523. The summed E-state index contributed by atoms with van der Waals surface area (Å²) in [6.07, 6.45) is 0. The first-order valence-corrected chi connectivity index (χ1v) is 8.43. The Morgan fingerprint density at radius 3 is 2.67 bits per heavy atom. The molecule has 0 aliphatic heterocycles. The van der Waals surface area contributed by atoms with Gasteiger partial charge >= 0.3 is 0 Å². The fraction of sp³-hybridized carbons (Fsp3) is 0.357. The molecule has 0 unspecified atom stereocenters. The Balaban J connectivity index is 1.77. The lowest BCUT2D eigenvalue weighted by Gasteiger charge is -2.16. The van der Waals surface area contributed by atoms with Gasteiger partial charge < -0.3 is 5.84 Å². The highest BCUT2D eigenvalue weighted by atomic mass is 32.2. The highest BCUT2D eigenvalue weighted by molar-refractivity contribution is 7.98. The van der Waals surface area contributed by atoms with Crippen LogP contribution in [-0.4, -0.2) is 19.9 Å². The molecule has 0 amide bonds. The van der Waals surface area contributed by atoms with E-state index in [1.807, 2.05) is 18.2 Å². The van der Waals surface area contributed by atoms with E-state index in [0.717, 1.165) is 27.3 Å². The molecule has 0 radical (unpaired) electrons. The summed E-state index contributed by atoms with van der Waals surface area (Å²) >= 11 is 3.27. The first kappa shape index (κ1) is 14.3. The first-order chi connectivity index (χ1) is 9.95. The Morgan fingerprint density at radius 2 is 2.00 bits per heavy atom. The predicted octanol–water partition coefficient (Wildman–Crippen LogP) is 3.19. The van der Waals surface area contributed by atoms with Gasteiger partial charge in [-0.25, -0.2) is 9.66 Å². The Hall–Kier alpha value is -1.60. The van der Waals surface area contributed by atoms with E-state index in [4.69, 9.17) is 5.84 Å². The summed E-state index contributed by atoms with van der Waals surface area (Å²) in [5, 5.41) is 10.2. The standard InChI is InChI=1S/C14H17N5S2/c1-14(2,3)12-17-18-13(19(12)15)20-8-11-16-9-6-4-5-7-10(9)21-11/h4-7H,8,15H2,1-3H3. The Bertz CT molecular complexity index is 736. The van der Waals surface area contributed by atoms with Gasteiger partial charge in [-0.05, 0) is 12.1 Å². The second kappa shape index (κ2) is 5.31. The van der Waals surface area contributed by atoms with Crippen molar-refractivity contribution in [1.29, 1.82) is 0 Å². The van der Waals surface area contributed by atoms with Gasteiger partial charge in [0.15, 0.2) is 5.82 Å². The second-order valence-electron chi connectivity index (χ2n) is 5.79. The van der Waals surface area contributed by atoms with E-state index in [2.05, 4.69) is 42.0 Å². The van der Waals surface area contributed by atoms with Crippen LogP contribution in [-0.2, 0) is 11.2 Å². The minimum atomic E-state index is -0.115. The summed E-state index contributed by atoms with van der Waals surface area (Å²) in [6.45, 7) is 6.22. The number of hydrogen-bond acceptors (Lipinski definition) is 6. The van der Waals surface area contributed by atoms with Gasteiger partial charge in [-0.1, -0.05) is 44.7 Å². The molecular formula is C14H17N5S2. The molecule has 0 spiro atoms. The van der Waals surface area contributed by atoms with Gasteiger partial charge in [0.25, 0.3) is 0 Å². The van der Waals surface area contributed by atoms with E-state index in [-0.39, 0.29) is 5.41 Å². The molecule has 1 aromatic carbocycles. The summed E-state index contributed by atoms with van der Waals surface area (Å²) in [5.41, 5.74) is 0.930. The average Bonchev–Trinajstić information content (AvgIpc) is 2.98. The number of benzene rings is 1. The van der Waals surface area contributed by atoms with Gasteiger partial charge in [-0.3, -0.25) is 0 Å². The number of fused-ring (bicyclic) bond motifs is 1. The van der Waals surface area contributed by atoms with Crippen molar-refractivity contribution in [2.75, 3.05) is 5.84 Å². The third kappa shape index (κ3) is 2.89. The smallest absolute Gasteiger partial charge is 0.210 e. The van der Waals surface area contributed by atoms with Crippen LogP contribution in [0.25, 0.3) is 10.2 Å². The molecule has 0 fully saturated rings. The highest BCUT2D eigenvalue weighted by Crippen LogP contribution is 2.28. The van der Waals surface area contributed by atoms with Gasteiger partial charge in [0.2, 0.25) is 5.16 Å². The topological polar surface area (TPSA) is 69.6 Å². The molecule has 0 bridgehead atoms. The maximum absolute atomic E-state index is 6.08. The summed E-state index contributed by atoms with van der Waals surface area (Å²) < 4.78 is 2.79. The zero-order valence-corrected chi connectivity index (χ0v) is 13.8. The molecule has 3 aromatic rings. The molecular weight excluding hydrogens is 302 g/mol. The summed E-state index contributed by atoms with van der Waals surface area (Å²) in [4.78, 5) is 4.61. The number of thioether (sulfide) groups is 1. The lowest BCUT2D eigenvalue weighted by Crippen LogP contribution is -2.24. The SMILES string of the molecule is CC(C)(C)c1nnc(SCc2nc3ccccc3s2)n1N. The Labute approximate surface area is 131 Å². The number of thiazole rings is 1. The zero-order chi connectivity index (χ0) is 15.0. The minimum absolute atomic E-state index is 0.115. The Morgan fingerprint density at radius 1 is 1.24 bits per heavy atom. The van der Waals surface area contributed by atoms with Gasteiger partial charge in [0.1, 0.15) is 5.01 Å². The van der Waals surface area contributed by atoms with E-state index >= 15 is 0 Å². The number of nitrogen functional groups attached to an aromatic ring is 1. The van der Waals surface area contributed by atoms with Crippen molar-refractivity contribution in [2.24, 2.45) is 0 Å². The molecule has 2 heterocycles. The monoisotopic (exact) mass is 319 g/mol. The predicted molar refractivity (Wildman–Crippen MR) is 88.1 cm³/mol. The van der Waals surface area contributed by atoms with Crippen LogP contribution < -0.4 is 5.84 Å². The van der Waals surface area contributed by atoms with E-state index in [0.29, 0.717) is 0 Å². The first-order valence-electron chi connectivity index (χ1n) is 6.63. The van der Waals surface area contributed by atoms with Gasteiger partial charge in [0.05, 0.1) is 16.0 Å². The summed E-state index contributed by atoms with van der Waals surface area (Å²) in [6, 6.07) is 8.15. The molecule has 0 saturated heterocycles. The fourth-order valence-electron chi connectivity index (χ4n) is 1.99. The van der Waals surface area contributed by atoms with E-state index < -0.39 is 0 Å².